The Bertz CT molecular complexity index is 235. The Morgan fingerprint density at radius 2 is 1.84 bits per heavy atom. The summed E-state index contributed by atoms with van der Waals surface area (Å²) in [6.45, 7) is 16.6. The van der Waals surface area contributed by atoms with E-state index in [9.17, 15) is 0 Å². The predicted molar refractivity (Wildman–Crippen MR) is 85.6 cm³/mol. The second kappa shape index (κ2) is 8.26. The van der Waals surface area contributed by atoms with Gasteiger partial charge in [-0.1, -0.05) is 41.0 Å². The number of nitrogens with zero attached hydrogens (tertiary/aromatic N) is 1. The molecule has 1 rings (SSSR count). The molecule has 1 saturated heterocycles. The maximum absolute atomic E-state index is 3.74. The second-order valence-corrected chi connectivity index (χ2v) is 6.68. The van der Waals surface area contributed by atoms with Gasteiger partial charge in [0.2, 0.25) is 0 Å². The van der Waals surface area contributed by atoms with Crippen LogP contribution in [0.2, 0.25) is 0 Å². The first kappa shape index (κ1) is 17.0. The Morgan fingerprint density at radius 3 is 2.37 bits per heavy atom. The van der Waals surface area contributed by atoms with Crippen molar-refractivity contribution >= 4 is 0 Å². The molecule has 1 fully saturated rings. The molecular formula is C17H36N2. The average Bonchev–Trinajstić information content (AvgIpc) is 2.36. The molecule has 0 amide bonds. The first-order valence-corrected chi connectivity index (χ1v) is 8.54. The van der Waals surface area contributed by atoms with Crippen LogP contribution in [0.5, 0.6) is 0 Å². The van der Waals surface area contributed by atoms with Crippen LogP contribution in [-0.4, -0.2) is 36.1 Å². The minimum absolute atomic E-state index is 0.667. The van der Waals surface area contributed by atoms with Crippen molar-refractivity contribution in [2.75, 3.05) is 13.1 Å². The first-order chi connectivity index (χ1) is 9.04. The van der Waals surface area contributed by atoms with Crippen LogP contribution in [0.3, 0.4) is 0 Å². The molecule has 1 aliphatic rings. The van der Waals surface area contributed by atoms with Crippen molar-refractivity contribution < 1.29 is 0 Å². The zero-order valence-electron chi connectivity index (χ0n) is 14.1. The number of hydrogen-bond acceptors (Lipinski definition) is 2. The van der Waals surface area contributed by atoms with Crippen molar-refractivity contribution in [2.45, 2.75) is 85.4 Å². The molecule has 0 bridgehead atoms. The normalized spacial score (nSPS) is 32.2. The lowest BCUT2D eigenvalue weighted by Gasteiger charge is -2.47. The molecule has 0 saturated carbocycles. The highest BCUT2D eigenvalue weighted by Crippen LogP contribution is 2.30. The standard InChI is InChI=1S/C17H36N2/c1-7-10-16(18-9-3)17(8-2)19-12-13(4)11-14(5)15(19)6/h13-18H,7-12H2,1-6H3. The quantitative estimate of drug-likeness (QED) is 0.753. The topological polar surface area (TPSA) is 15.3 Å². The zero-order chi connectivity index (χ0) is 14.4. The van der Waals surface area contributed by atoms with Crippen LogP contribution >= 0.6 is 0 Å². The van der Waals surface area contributed by atoms with Crippen LogP contribution in [0.25, 0.3) is 0 Å². The molecular weight excluding hydrogens is 232 g/mol. The summed E-state index contributed by atoms with van der Waals surface area (Å²) in [6, 6.07) is 2.11. The highest BCUT2D eigenvalue weighted by atomic mass is 15.2. The van der Waals surface area contributed by atoms with Crippen molar-refractivity contribution in [2.24, 2.45) is 11.8 Å². The molecule has 0 aromatic heterocycles. The van der Waals surface area contributed by atoms with E-state index in [1.807, 2.05) is 0 Å². The van der Waals surface area contributed by atoms with Gasteiger partial charge in [0.1, 0.15) is 0 Å². The lowest BCUT2D eigenvalue weighted by Crippen LogP contribution is -2.57. The van der Waals surface area contributed by atoms with Gasteiger partial charge in [-0.3, -0.25) is 4.90 Å². The van der Waals surface area contributed by atoms with Gasteiger partial charge in [0.25, 0.3) is 0 Å². The van der Waals surface area contributed by atoms with E-state index in [1.165, 1.54) is 32.2 Å². The molecule has 2 heteroatoms. The van der Waals surface area contributed by atoms with Crippen LogP contribution in [0.15, 0.2) is 0 Å². The van der Waals surface area contributed by atoms with Gasteiger partial charge in [0, 0.05) is 24.7 Å². The Labute approximate surface area is 121 Å². The van der Waals surface area contributed by atoms with Gasteiger partial charge in [-0.25, -0.2) is 0 Å². The van der Waals surface area contributed by atoms with Crippen molar-refractivity contribution in [3.05, 3.63) is 0 Å². The number of nitrogens with one attached hydrogen (secondary N) is 1. The van der Waals surface area contributed by atoms with E-state index in [2.05, 4.69) is 51.8 Å². The first-order valence-electron chi connectivity index (χ1n) is 8.54. The number of likely N-dealkylation sites (tertiary alicyclic amines) is 1. The largest absolute Gasteiger partial charge is 0.313 e. The van der Waals surface area contributed by atoms with E-state index in [4.69, 9.17) is 0 Å². The summed E-state index contributed by atoms with van der Waals surface area (Å²) in [5.74, 6) is 1.69. The second-order valence-electron chi connectivity index (χ2n) is 6.68. The molecule has 1 aliphatic heterocycles. The van der Waals surface area contributed by atoms with Gasteiger partial charge in [-0.15, -0.1) is 0 Å². The lowest BCUT2D eigenvalue weighted by molar-refractivity contribution is 0.0219. The maximum Gasteiger partial charge on any atom is 0.0249 e. The minimum atomic E-state index is 0.667. The molecule has 1 heterocycles. The fourth-order valence-corrected chi connectivity index (χ4v) is 3.95. The third-order valence-corrected chi connectivity index (χ3v) is 5.02. The highest BCUT2D eigenvalue weighted by Gasteiger charge is 2.35. The van der Waals surface area contributed by atoms with E-state index >= 15 is 0 Å². The molecule has 0 aromatic rings. The van der Waals surface area contributed by atoms with Gasteiger partial charge < -0.3 is 5.32 Å². The van der Waals surface area contributed by atoms with Crippen molar-refractivity contribution in [1.82, 2.24) is 10.2 Å². The summed E-state index contributed by atoms with van der Waals surface area (Å²) in [5.41, 5.74) is 0. The lowest BCUT2D eigenvalue weighted by atomic mass is 9.83. The average molecular weight is 268 g/mol. The van der Waals surface area contributed by atoms with E-state index < -0.39 is 0 Å². The van der Waals surface area contributed by atoms with Crippen LogP contribution in [0, 0.1) is 11.8 Å². The van der Waals surface area contributed by atoms with Crippen LogP contribution in [0.4, 0.5) is 0 Å². The molecule has 0 aromatic carbocycles. The van der Waals surface area contributed by atoms with Gasteiger partial charge in [0.15, 0.2) is 0 Å². The van der Waals surface area contributed by atoms with Crippen LogP contribution in [-0.2, 0) is 0 Å². The van der Waals surface area contributed by atoms with E-state index in [1.54, 1.807) is 0 Å². The Kier molecular flexibility index (Phi) is 7.38. The zero-order valence-corrected chi connectivity index (χ0v) is 14.1. The molecule has 2 nitrogen and oxygen atoms in total. The molecule has 0 radical (unpaired) electrons. The SMILES string of the molecule is CCCC(NCC)C(CC)N1CC(C)CC(C)C1C. The van der Waals surface area contributed by atoms with Crippen molar-refractivity contribution in [3.63, 3.8) is 0 Å². The van der Waals surface area contributed by atoms with Crippen molar-refractivity contribution in [3.8, 4) is 0 Å². The van der Waals surface area contributed by atoms with Crippen molar-refractivity contribution in [1.29, 1.82) is 0 Å². The molecule has 5 atom stereocenters. The van der Waals surface area contributed by atoms with Gasteiger partial charge in [0.05, 0.1) is 0 Å². The van der Waals surface area contributed by atoms with Gasteiger partial charge in [-0.2, -0.15) is 0 Å². The smallest absolute Gasteiger partial charge is 0.0249 e. The van der Waals surface area contributed by atoms with Crippen LogP contribution in [0.1, 0.15) is 67.2 Å². The minimum Gasteiger partial charge on any atom is -0.313 e. The summed E-state index contributed by atoms with van der Waals surface area (Å²) < 4.78 is 0. The summed E-state index contributed by atoms with van der Waals surface area (Å²) >= 11 is 0. The number of piperidine rings is 1. The number of hydrogen-bond donors (Lipinski definition) is 1. The molecule has 19 heavy (non-hydrogen) atoms. The fourth-order valence-electron chi connectivity index (χ4n) is 3.95. The van der Waals surface area contributed by atoms with E-state index in [0.29, 0.717) is 12.1 Å². The third-order valence-electron chi connectivity index (χ3n) is 5.02. The Balaban J connectivity index is 2.79. The summed E-state index contributed by atoms with van der Waals surface area (Å²) in [5, 5.41) is 3.74. The summed E-state index contributed by atoms with van der Waals surface area (Å²) in [6.07, 6.45) is 5.25. The summed E-state index contributed by atoms with van der Waals surface area (Å²) in [4.78, 5) is 2.81. The fraction of sp³-hybridized carbons (Fsp3) is 1.00. The maximum atomic E-state index is 3.74. The molecule has 5 unspecified atom stereocenters. The van der Waals surface area contributed by atoms with Crippen LogP contribution < -0.4 is 5.32 Å². The van der Waals surface area contributed by atoms with E-state index in [0.717, 1.165) is 24.4 Å². The van der Waals surface area contributed by atoms with Gasteiger partial charge >= 0.3 is 0 Å². The van der Waals surface area contributed by atoms with E-state index in [-0.39, 0.29) is 0 Å². The highest BCUT2D eigenvalue weighted by molar-refractivity contribution is 4.91. The molecule has 114 valence electrons. The Hall–Kier alpha value is -0.0800. The van der Waals surface area contributed by atoms with Gasteiger partial charge in [-0.05, 0) is 44.6 Å². The summed E-state index contributed by atoms with van der Waals surface area (Å²) in [7, 11) is 0. The molecule has 0 spiro atoms. The molecule has 1 N–H and O–H groups in total. The number of likely N-dealkylation sites (N-methyl/N-ethyl adjacent to an activating group) is 1. The monoisotopic (exact) mass is 268 g/mol. The molecule has 0 aliphatic carbocycles. The third kappa shape index (κ3) is 4.46. The number of rotatable bonds is 7. The predicted octanol–water partition coefficient (Wildman–Crippen LogP) is 3.91. The Morgan fingerprint density at radius 1 is 1.16 bits per heavy atom.